The number of benzene rings is 1. The molecule has 0 amide bonds. The van der Waals surface area contributed by atoms with Crippen LogP contribution in [0, 0.1) is 0 Å². The molecule has 1 aliphatic rings. The molecule has 1 heterocycles. The van der Waals surface area contributed by atoms with Crippen molar-refractivity contribution < 1.29 is 9.90 Å². The molecule has 15 heavy (non-hydrogen) atoms. The van der Waals surface area contributed by atoms with Crippen molar-refractivity contribution in [1.29, 1.82) is 0 Å². The fourth-order valence-corrected chi connectivity index (χ4v) is 2.08. The van der Waals surface area contributed by atoms with Crippen LogP contribution in [0.3, 0.4) is 0 Å². The Labute approximate surface area is 92.6 Å². The van der Waals surface area contributed by atoms with Crippen LogP contribution in [0.2, 0.25) is 0 Å². The van der Waals surface area contributed by atoms with E-state index < -0.39 is 15.9 Å². The summed E-state index contributed by atoms with van der Waals surface area (Å²) in [6, 6.07) is 6.27. The number of aromatic carboxylic acids is 1. The Bertz CT molecular complexity index is 457. The van der Waals surface area contributed by atoms with E-state index in [0.717, 1.165) is 0 Å². The lowest BCUT2D eigenvalue weighted by molar-refractivity contribution is 0.0697. The van der Waals surface area contributed by atoms with Gasteiger partial charge in [0.1, 0.15) is 9.91 Å². The van der Waals surface area contributed by atoms with E-state index in [9.17, 15) is 4.79 Å². The Balaban J connectivity index is 2.28. The first-order chi connectivity index (χ1) is 7.18. The summed E-state index contributed by atoms with van der Waals surface area (Å²) in [5.74, 6) is -0.959. The molecule has 0 saturated heterocycles. The van der Waals surface area contributed by atoms with Crippen molar-refractivity contribution in [3.8, 4) is 0 Å². The highest BCUT2D eigenvalue weighted by atomic mass is 33.1. The van der Waals surface area contributed by atoms with Gasteiger partial charge < -0.3 is 5.11 Å². The van der Waals surface area contributed by atoms with E-state index >= 15 is 0 Å². The topological polar surface area (TPSA) is 77.6 Å². The van der Waals surface area contributed by atoms with Gasteiger partial charge in [-0.05, 0) is 34.7 Å². The van der Waals surface area contributed by atoms with E-state index in [2.05, 4.69) is 26.6 Å². The van der Waals surface area contributed by atoms with Crippen molar-refractivity contribution >= 4 is 33.2 Å². The summed E-state index contributed by atoms with van der Waals surface area (Å²) in [7, 11) is -0.707. The molecule has 6 nitrogen and oxygen atoms in total. The smallest absolute Gasteiger partial charge is 0.335 e. The quantitative estimate of drug-likeness (QED) is 0.615. The zero-order chi connectivity index (χ0) is 10.8. The SMILES string of the molecule is O=C(O)c1ccc(N2N=NN=S2S)cc1. The molecule has 8 heteroatoms. The van der Waals surface area contributed by atoms with Crippen LogP contribution >= 0.6 is 11.7 Å². The van der Waals surface area contributed by atoms with Crippen LogP contribution in [0.25, 0.3) is 0 Å². The summed E-state index contributed by atoms with van der Waals surface area (Å²) in [4.78, 5) is 10.6. The van der Waals surface area contributed by atoms with E-state index in [1.165, 1.54) is 16.5 Å². The third-order valence-electron chi connectivity index (χ3n) is 1.72. The lowest BCUT2D eigenvalue weighted by Gasteiger charge is -2.10. The van der Waals surface area contributed by atoms with Crippen molar-refractivity contribution in [3.63, 3.8) is 0 Å². The number of carboxylic acids is 1. The molecule has 0 aromatic heterocycles. The van der Waals surface area contributed by atoms with Gasteiger partial charge >= 0.3 is 5.97 Å². The minimum Gasteiger partial charge on any atom is -0.478 e. The highest BCUT2D eigenvalue weighted by Gasteiger charge is 2.13. The maximum absolute atomic E-state index is 10.6. The highest BCUT2D eigenvalue weighted by Crippen LogP contribution is 2.23. The normalized spacial score (nSPS) is 19.0. The first-order valence-corrected chi connectivity index (χ1v) is 6.06. The number of rotatable bonds is 2. The van der Waals surface area contributed by atoms with Crippen molar-refractivity contribution in [3.05, 3.63) is 29.8 Å². The number of hydrogen-bond donors (Lipinski definition) is 2. The van der Waals surface area contributed by atoms with Crippen molar-refractivity contribution in [2.75, 3.05) is 4.41 Å². The molecule has 1 aromatic carbocycles. The van der Waals surface area contributed by atoms with E-state index in [1.54, 1.807) is 12.1 Å². The molecule has 78 valence electrons. The summed E-state index contributed by atoms with van der Waals surface area (Å²) in [6.45, 7) is 0. The lowest BCUT2D eigenvalue weighted by Crippen LogP contribution is -2.10. The van der Waals surface area contributed by atoms with E-state index in [0.29, 0.717) is 5.69 Å². The second-order valence-corrected chi connectivity index (χ2v) is 4.61. The molecule has 1 N–H and O–H groups in total. The second-order valence-electron chi connectivity index (χ2n) is 2.63. The molecule has 0 aliphatic carbocycles. The fraction of sp³-hybridized carbons (Fsp3) is 0. The third kappa shape index (κ3) is 2.00. The summed E-state index contributed by atoms with van der Waals surface area (Å²) in [5, 5.41) is 15.9. The van der Waals surface area contributed by atoms with Crippen LogP contribution in [0.4, 0.5) is 5.69 Å². The van der Waals surface area contributed by atoms with Gasteiger partial charge in [-0.25, -0.2) is 4.79 Å². The van der Waals surface area contributed by atoms with Crippen LogP contribution in [-0.4, -0.2) is 11.1 Å². The average Bonchev–Trinajstić information content (AvgIpc) is 2.65. The van der Waals surface area contributed by atoms with Gasteiger partial charge in [0.05, 0.1) is 11.3 Å². The van der Waals surface area contributed by atoms with Crippen LogP contribution in [0.15, 0.2) is 39.2 Å². The molecule has 1 aromatic rings. The number of carbonyl (C=O) groups is 1. The number of thiol groups is 1. The first-order valence-electron chi connectivity index (χ1n) is 3.87. The Kier molecular flexibility index (Phi) is 2.69. The predicted molar refractivity (Wildman–Crippen MR) is 59.5 cm³/mol. The Hall–Kier alpha value is -1.41. The molecule has 2 rings (SSSR count). The minimum absolute atomic E-state index is 0.228. The fourth-order valence-electron chi connectivity index (χ4n) is 1.03. The first kappa shape index (κ1) is 10.1. The molecule has 0 bridgehead atoms. The Morgan fingerprint density at radius 3 is 2.53 bits per heavy atom. The van der Waals surface area contributed by atoms with Gasteiger partial charge in [0.25, 0.3) is 0 Å². The van der Waals surface area contributed by atoms with Crippen LogP contribution < -0.4 is 4.41 Å². The third-order valence-corrected chi connectivity index (χ3v) is 3.22. The van der Waals surface area contributed by atoms with Crippen LogP contribution in [0.5, 0.6) is 0 Å². The summed E-state index contributed by atoms with van der Waals surface area (Å²) < 4.78 is 5.22. The van der Waals surface area contributed by atoms with Gasteiger partial charge in [-0.1, -0.05) is 16.1 Å². The van der Waals surface area contributed by atoms with Crippen molar-refractivity contribution in [2.45, 2.75) is 0 Å². The number of carboxylic acid groups (broad SMARTS) is 1. The predicted octanol–water partition coefficient (Wildman–Crippen LogP) is 2.05. The summed E-state index contributed by atoms with van der Waals surface area (Å²) in [5.41, 5.74) is 0.939. The minimum atomic E-state index is -0.959. The Morgan fingerprint density at radius 2 is 2.07 bits per heavy atom. The number of anilines is 1. The van der Waals surface area contributed by atoms with Gasteiger partial charge in [0, 0.05) is 0 Å². The molecule has 1 unspecified atom stereocenters. The largest absolute Gasteiger partial charge is 0.478 e. The maximum atomic E-state index is 10.6. The van der Waals surface area contributed by atoms with Crippen molar-refractivity contribution in [1.82, 2.24) is 0 Å². The van der Waals surface area contributed by atoms with E-state index in [-0.39, 0.29) is 5.56 Å². The highest BCUT2D eigenvalue weighted by molar-refractivity contribution is 8.61. The van der Waals surface area contributed by atoms with Gasteiger partial charge in [-0.15, -0.1) is 0 Å². The molecule has 0 fully saturated rings. The zero-order valence-corrected chi connectivity index (χ0v) is 9.02. The standard InChI is InChI=1S/C7H6N4O2S2/c12-7(13)5-1-3-6(4-2-5)11-9-8-10-15(11)14/h1-4H,(H,12,13)(H,9,10,14). The van der Waals surface area contributed by atoms with E-state index in [1.807, 2.05) is 0 Å². The van der Waals surface area contributed by atoms with Gasteiger partial charge in [0.2, 0.25) is 0 Å². The maximum Gasteiger partial charge on any atom is 0.335 e. The molecule has 0 radical (unpaired) electrons. The monoisotopic (exact) mass is 242 g/mol. The molecule has 0 saturated carbocycles. The number of nitrogens with zero attached hydrogens (tertiary/aromatic N) is 4. The van der Waals surface area contributed by atoms with E-state index in [4.69, 9.17) is 5.11 Å². The molecule has 1 aliphatic heterocycles. The summed E-state index contributed by atoms with van der Waals surface area (Å²) in [6.07, 6.45) is 0. The van der Waals surface area contributed by atoms with Gasteiger partial charge in [-0.3, -0.25) is 0 Å². The molecule has 1 atom stereocenters. The van der Waals surface area contributed by atoms with Gasteiger partial charge in [-0.2, -0.15) is 4.41 Å². The second kappa shape index (κ2) is 3.99. The lowest BCUT2D eigenvalue weighted by atomic mass is 10.2. The zero-order valence-electron chi connectivity index (χ0n) is 7.31. The molecule has 0 spiro atoms. The Morgan fingerprint density at radius 1 is 1.40 bits per heavy atom. The average molecular weight is 242 g/mol. The molecular weight excluding hydrogens is 236 g/mol. The van der Waals surface area contributed by atoms with Crippen LogP contribution in [-0.2, 0) is 9.91 Å². The van der Waals surface area contributed by atoms with Crippen molar-refractivity contribution in [2.24, 2.45) is 14.9 Å². The summed E-state index contributed by atoms with van der Waals surface area (Å²) >= 11 is 4.15. The van der Waals surface area contributed by atoms with Gasteiger partial charge in [0.15, 0.2) is 0 Å². The van der Waals surface area contributed by atoms with Crippen LogP contribution in [0.1, 0.15) is 10.4 Å². The molecular formula is C7H6N4O2S2. The number of hydrogen-bond acceptors (Lipinski definition) is 5.